The van der Waals surface area contributed by atoms with Gasteiger partial charge in [0.15, 0.2) is 0 Å². The van der Waals surface area contributed by atoms with Crippen LogP contribution in [0.25, 0.3) is 0 Å². The zero-order valence-electron chi connectivity index (χ0n) is 12.8. The van der Waals surface area contributed by atoms with Crippen LogP contribution < -0.4 is 5.32 Å². The van der Waals surface area contributed by atoms with E-state index in [9.17, 15) is 0 Å². The van der Waals surface area contributed by atoms with E-state index in [0.29, 0.717) is 0 Å². The van der Waals surface area contributed by atoms with Crippen molar-refractivity contribution in [1.82, 2.24) is 20.3 Å². The molecule has 0 fully saturated rings. The first-order valence-electron chi connectivity index (χ1n) is 6.81. The van der Waals surface area contributed by atoms with Gasteiger partial charge in [0.05, 0.1) is 16.7 Å². The number of rotatable bonds is 4. The van der Waals surface area contributed by atoms with Crippen LogP contribution in [0.1, 0.15) is 48.9 Å². The van der Waals surface area contributed by atoms with Crippen LogP contribution in [-0.2, 0) is 11.8 Å². The van der Waals surface area contributed by atoms with Gasteiger partial charge in [0.25, 0.3) is 0 Å². The lowest BCUT2D eigenvalue weighted by Crippen LogP contribution is -2.21. The van der Waals surface area contributed by atoms with Gasteiger partial charge in [-0.15, -0.1) is 11.3 Å². The molecule has 0 amide bonds. The van der Waals surface area contributed by atoms with Crippen molar-refractivity contribution in [3.8, 4) is 0 Å². The van der Waals surface area contributed by atoms with Gasteiger partial charge in [-0.3, -0.25) is 0 Å². The van der Waals surface area contributed by atoms with Crippen LogP contribution in [0.5, 0.6) is 0 Å². The van der Waals surface area contributed by atoms with Crippen LogP contribution in [0, 0.1) is 6.92 Å². The summed E-state index contributed by atoms with van der Waals surface area (Å²) in [5.41, 5.74) is 2.33. The summed E-state index contributed by atoms with van der Waals surface area (Å²) in [5, 5.41) is 6.55. The standard InChI is InChI=1S/C15H22N4S/c1-10-7-17-14(18-8-10)11(16-5)6-13-19-12(9-20-13)15(2,3)4/h7-9,11,16H,6H2,1-5H3. The van der Waals surface area contributed by atoms with E-state index in [1.807, 2.05) is 26.4 Å². The predicted molar refractivity (Wildman–Crippen MR) is 83.1 cm³/mol. The minimum atomic E-state index is 0.101. The molecule has 108 valence electrons. The molecule has 1 N–H and O–H groups in total. The van der Waals surface area contributed by atoms with E-state index < -0.39 is 0 Å². The highest BCUT2D eigenvalue weighted by Crippen LogP contribution is 2.26. The minimum absolute atomic E-state index is 0.101. The molecule has 2 aromatic heterocycles. The molecule has 2 heterocycles. The fraction of sp³-hybridized carbons (Fsp3) is 0.533. The lowest BCUT2D eigenvalue weighted by atomic mass is 9.93. The molecule has 0 saturated carbocycles. The second-order valence-electron chi connectivity index (χ2n) is 6.04. The summed E-state index contributed by atoms with van der Waals surface area (Å²) in [6.45, 7) is 8.55. The molecule has 1 unspecified atom stereocenters. The molecule has 2 aromatic rings. The van der Waals surface area contributed by atoms with E-state index >= 15 is 0 Å². The Bertz CT molecular complexity index is 554. The van der Waals surface area contributed by atoms with Gasteiger partial charge in [-0.1, -0.05) is 20.8 Å². The molecule has 0 saturated heterocycles. The van der Waals surface area contributed by atoms with Crippen molar-refractivity contribution in [2.24, 2.45) is 0 Å². The van der Waals surface area contributed by atoms with Crippen molar-refractivity contribution in [3.05, 3.63) is 39.9 Å². The minimum Gasteiger partial charge on any atom is -0.310 e. The molecule has 0 aliphatic heterocycles. The quantitative estimate of drug-likeness (QED) is 0.940. The van der Waals surface area contributed by atoms with E-state index in [4.69, 9.17) is 4.98 Å². The zero-order chi connectivity index (χ0) is 14.8. The largest absolute Gasteiger partial charge is 0.310 e. The molecule has 1 atom stereocenters. The van der Waals surface area contributed by atoms with Crippen LogP contribution in [0.15, 0.2) is 17.8 Å². The van der Waals surface area contributed by atoms with Crippen molar-refractivity contribution in [2.45, 2.75) is 45.6 Å². The Balaban J connectivity index is 2.14. The maximum atomic E-state index is 4.74. The number of thiazole rings is 1. The Labute approximate surface area is 124 Å². The summed E-state index contributed by atoms with van der Waals surface area (Å²) < 4.78 is 0. The van der Waals surface area contributed by atoms with Crippen molar-refractivity contribution < 1.29 is 0 Å². The molecule has 0 radical (unpaired) electrons. The Kier molecular flexibility index (Phi) is 4.50. The van der Waals surface area contributed by atoms with Gasteiger partial charge in [0.2, 0.25) is 0 Å². The van der Waals surface area contributed by atoms with Gasteiger partial charge in [0, 0.05) is 29.6 Å². The van der Waals surface area contributed by atoms with Gasteiger partial charge in [-0.25, -0.2) is 15.0 Å². The first-order valence-corrected chi connectivity index (χ1v) is 7.69. The van der Waals surface area contributed by atoms with E-state index in [-0.39, 0.29) is 11.5 Å². The number of aryl methyl sites for hydroxylation is 1. The number of nitrogens with zero attached hydrogens (tertiary/aromatic N) is 3. The summed E-state index contributed by atoms with van der Waals surface area (Å²) in [6.07, 6.45) is 4.53. The molecule has 0 aromatic carbocycles. The van der Waals surface area contributed by atoms with Crippen molar-refractivity contribution >= 4 is 11.3 Å². The highest BCUT2D eigenvalue weighted by molar-refractivity contribution is 7.09. The maximum Gasteiger partial charge on any atom is 0.145 e. The molecule has 0 aliphatic rings. The molecule has 4 nitrogen and oxygen atoms in total. The number of nitrogens with one attached hydrogen (secondary N) is 1. The highest BCUT2D eigenvalue weighted by Gasteiger charge is 2.20. The average molecular weight is 290 g/mol. The molecular weight excluding hydrogens is 268 g/mol. The normalized spacial score (nSPS) is 13.4. The van der Waals surface area contributed by atoms with E-state index in [1.165, 1.54) is 0 Å². The van der Waals surface area contributed by atoms with Gasteiger partial charge >= 0.3 is 0 Å². The number of likely N-dealkylation sites (N-methyl/N-ethyl adjacent to an activating group) is 1. The second-order valence-corrected chi connectivity index (χ2v) is 6.98. The number of hydrogen-bond acceptors (Lipinski definition) is 5. The summed E-state index contributed by atoms with van der Waals surface area (Å²) >= 11 is 1.71. The van der Waals surface area contributed by atoms with E-state index in [2.05, 4.69) is 41.4 Å². The molecular formula is C15H22N4S. The van der Waals surface area contributed by atoms with Crippen LogP contribution in [0.2, 0.25) is 0 Å². The number of hydrogen-bond donors (Lipinski definition) is 1. The van der Waals surface area contributed by atoms with Crippen molar-refractivity contribution in [1.29, 1.82) is 0 Å². The lowest BCUT2D eigenvalue weighted by molar-refractivity contribution is 0.544. The Morgan fingerprint density at radius 3 is 2.40 bits per heavy atom. The predicted octanol–water partition coefficient (Wildman–Crippen LogP) is 3.04. The molecule has 0 spiro atoms. The fourth-order valence-electron chi connectivity index (χ4n) is 1.83. The monoisotopic (exact) mass is 290 g/mol. The van der Waals surface area contributed by atoms with Gasteiger partial charge in [0.1, 0.15) is 5.82 Å². The fourth-order valence-corrected chi connectivity index (χ4v) is 2.90. The molecule has 5 heteroatoms. The van der Waals surface area contributed by atoms with Crippen LogP contribution in [-0.4, -0.2) is 22.0 Å². The average Bonchev–Trinajstić information content (AvgIpc) is 2.85. The summed E-state index contributed by atoms with van der Waals surface area (Å²) in [7, 11) is 1.94. The third kappa shape index (κ3) is 3.61. The second kappa shape index (κ2) is 5.97. The van der Waals surface area contributed by atoms with E-state index in [1.54, 1.807) is 11.3 Å². The van der Waals surface area contributed by atoms with Crippen LogP contribution in [0.4, 0.5) is 0 Å². The Morgan fingerprint density at radius 2 is 1.90 bits per heavy atom. The Hall–Kier alpha value is -1.33. The molecule has 0 aliphatic carbocycles. The van der Waals surface area contributed by atoms with Crippen LogP contribution in [0.3, 0.4) is 0 Å². The topological polar surface area (TPSA) is 50.7 Å². The maximum absolute atomic E-state index is 4.74. The van der Waals surface area contributed by atoms with Crippen LogP contribution >= 0.6 is 11.3 Å². The van der Waals surface area contributed by atoms with Crippen molar-refractivity contribution in [2.75, 3.05) is 7.05 Å². The van der Waals surface area contributed by atoms with Gasteiger partial charge < -0.3 is 5.32 Å². The molecule has 2 rings (SSSR count). The van der Waals surface area contributed by atoms with Crippen molar-refractivity contribution in [3.63, 3.8) is 0 Å². The van der Waals surface area contributed by atoms with Gasteiger partial charge in [-0.2, -0.15) is 0 Å². The molecule has 0 bridgehead atoms. The smallest absolute Gasteiger partial charge is 0.145 e. The lowest BCUT2D eigenvalue weighted by Gasteiger charge is -2.15. The third-order valence-electron chi connectivity index (χ3n) is 3.16. The van der Waals surface area contributed by atoms with E-state index in [0.717, 1.165) is 28.5 Å². The first-order chi connectivity index (χ1) is 9.40. The summed E-state index contributed by atoms with van der Waals surface area (Å²) in [4.78, 5) is 13.5. The van der Waals surface area contributed by atoms with Gasteiger partial charge in [-0.05, 0) is 19.5 Å². The SMILES string of the molecule is CNC(Cc1nc(C(C)(C)C)cs1)c1ncc(C)cn1. The summed E-state index contributed by atoms with van der Waals surface area (Å²) in [6, 6.07) is 0.106. The summed E-state index contributed by atoms with van der Waals surface area (Å²) in [5.74, 6) is 0.825. The zero-order valence-corrected chi connectivity index (χ0v) is 13.6. The highest BCUT2D eigenvalue weighted by atomic mass is 32.1. The Morgan fingerprint density at radius 1 is 1.25 bits per heavy atom. The first kappa shape index (κ1) is 15.1. The number of aromatic nitrogens is 3. The molecule has 20 heavy (non-hydrogen) atoms. The third-order valence-corrected chi connectivity index (χ3v) is 4.03.